The second-order valence-corrected chi connectivity index (χ2v) is 4.52. The van der Waals surface area contributed by atoms with E-state index in [2.05, 4.69) is 0 Å². The van der Waals surface area contributed by atoms with Crippen molar-refractivity contribution in [2.45, 2.75) is 37.9 Å². The van der Waals surface area contributed by atoms with Crippen LogP contribution in [0.1, 0.15) is 32.1 Å². The molecule has 2 unspecified atom stereocenters. The predicted octanol–water partition coefficient (Wildman–Crippen LogP) is 0.993. The first kappa shape index (κ1) is 8.26. The molecule has 4 heteroatoms. The molecule has 0 amide bonds. The summed E-state index contributed by atoms with van der Waals surface area (Å²) in [5, 5.41) is 0. The average Bonchev–Trinajstić information content (AvgIpc) is 2.60. The first-order valence-electron chi connectivity index (χ1n) is 5.12. The number of fused-ring (bicyclic) bond motifs is 3. The Kier molecular flexibility index (Phi) is 1.47. The van der Waals surface area contributed by atoms with Crippen LogP contribution >= 0.6 is 0 Å². The SMILES string of the molecule is O=C1CC(=O)OC2(CC3CCC2C3)O1. The summed E-state index contributed by atoms with van der Waals surface area (Å²) in [5.74, 6) is -0.878. The number of esters is 2. The van der Waals surface area contributed by atoms with Gasteiger partial charge >= 0.3 is 11.9 Å². The summed E-state index contributed by atoms with van der Waals surface area (Å²) in [4.78, 5) is 22.4. The van der Waals surface area contributed by atoms with Gasteiger partial charge < -0.3 is 9.47 Å². The van der Waals surface area contributed by atoms with E-state index in [9.17, 15) is 9.59 Å². The second-order valence-electron chi connectivity index (χ2n) is 4.52. The fraction of sp³-hybridized carbons (Fsp3) is 0.800. The number of ether oxygens (including phenoxy) is 2. The predicted molar refractivity (Wildman–Crippen MR) is 45.0 cm³/mol. The molecule has 0 N–H and O–H groups in total. The molecule has 3 fully saturated rings. The van der Waals surface area contributed by atoms with Crippen molar-refractivity contribution < 1.29 is 19.1 Å². The minimum Gasteiger partial charge on any atom is -0.422 e. The monoisotopic (exact) mass is 196 g/mol. The van der Waals surface area contributed by atoms with Gasteiger partial charge in [-0.3, -0.25) is 9.59 Å². The van der Waals surface area contributed by atoms with Crippen molar-refractivity contribution in [2.24, 2.45) is 11.8 Å². The van der Waals surface area contributed by atoms with E-state index in [1.165, 1.54) is 6.42 Å². The molecule has 2 aliphatic carbocycles. The first-order chi connectivity index (χ1) is 6.68. The molecule has 1 saturated heterocycles. The zero-order valence-corrected chi connectivity index (χ0v) is 7.82. The Morgan fingerprint density at radius 3 is 2.36 bits per heavy atom. The van der Waals surface area contributed by atoms with Crippen LogP contribution in [0.25, 0.3) is 0 Å². The van der Waals surface area contributed by atoms with Gasteiger partial charge in [-0.05, 0) is 25.2 Å². The zero-order chi connectivity index (χ0) is 9.76. The van der Waals surface area contributed by atoms with Crippen LogP contribution in [0.4, 0.5) is 0 Å². The third-order valence-electron chi connectivity index (χ3n) is 3.60. The molecule has 3 aliphatic rings. The first-order valence-corrected chi connectivity index (χ1v) is 5.12. The highest BCUT2D eigenvalue weighted by molar-refractivity contribution is 5.93. The lowest BCUT2D eigenvalue weighted by molar-refractivity contribution is -0.259. The lowest BCUT2D eigenvalue weighted by Gasteiger charge is -2.38. The van der Waals surface area contributed by atoms with Crippen LogP contribution < -0.4 is 0 Å². The highest BCUT2D eigenvalue weighted by atomic mass is 16.7. The van der Waals surface area contributed by atoms with Crippen LogP contribution in [0.2, 0.25) is 0 Å². The van der Waals surface area contributed by atoms with Gasteiger partial charge in [-0.25, -0.2) is 0 Å². The van der Waals surface area contributed by atoms with E-state index in [4.69, 9.17) is 9.47 Å². The van der Waals surface area contributed by atoms with Crippen molar-refractivity contribution in [2.75, 3.05) is 0 Å². The van der Waals surface area contributed by atoms with Gasteiger partial charge in [0.1, 0.15) is 6.42 Å². The number of hydrogen-bond donors (Lipinski definition) is 0. The molecule has 0 aromatic rings. The largest absolute Gasteiger partial charge is 0.422 e. The highest BCUT2D eigenvalue weighted by Crippen LogP contribution is 2.54. The van der Waals surface area contributed by atoms with Gasteiger partial charge in [0.2, 0.25) is 0 Å². The van der Waals surface area contributed by atoms with Gasteiger partial charge in [0.05, 0.1) is 0 Å². The average molecular weight is 196 g/mol. The molecule has 0 aromatic carbocycles. The molecule has 4 nitrogen and oxygen atoms in total. The zero-order valence-electron chi connectivity index (χ0n) is 7.82. The van der Waals surface area contributed by atoms with Crippen molar-refractivity contribution in [1.29, 1.82) is 0 Å². The van der Waals surface area contributed by atoms with E-state index in [-0.39, 0.29) is 12.3 Å². The molecule has 2 saturated carbocycles. The maximum atomic E-state index is 11.2. The summed E-state index contributed by atoms with van der Waals surface area (Å²) in [6.07, 6.45) is 3.74. The summed E-state index contributed by atoms with van der Waals surface area (Å²) in [5.41, 5.74) is 0. The molecule has 2 bridgehead atoms. The number of carbonyl (C=O) groups is 2. The van der Waals surface area contributed by atoms with Crippen LogP contribution in [0.5, 0.6) is 0 Å². The maximum absolute atomic E-state index is 11.2. The minimum absolute atomic E-state index is 0.223. The summed E-state index contributed by atoms with van der Waals surface area (Å²) >= 11 is 0. The van der Waals surface area contributed by atoms with Gasteiger partial charge in [-0.15, -0.1) is 0 Å². The normalized spacial score (nSPS) is 38.6. The summed E-state index contributed by atoms with van der Waals surface area (Å²) in [7, 11) is 0. The van der Waals surface area contributed by atoms with E-state index in [0.717, 1.165) is 19.3 Å². The fourth-order valence-electron chi connectivity index (χ4n) is 3.08. The standard InChI is InChI=1S/C10H12O4/c11-8-4-9(12)14-10(13-8)5-6-1-2-7(10)3-6/h6-7H,1-5H2. The molecule has 76 valence electrons. The molecular weight excluding hydrogens is 184 g/mol. The second kappa shape index (κ2) is 2.49. The van der Waals surface area contributed by atoms with Crippen LogP contribution in [0.15, 0.2) is 0 Å². The molecule has 1 heterocycles. The summed E-state index contributed by atoms with van der Waals surface area (Å²) < 4.78 is 10.5. The molecule has 1 spiro atoms. The fourth-order valence-corrected chi connectivity index (χ4v) is 3.08. The Labute approximate surface area is 81.6 Å². The van der Waals surface area contributed by atoms with Crippen molar-refractivity contribution in [3.8, 4) is 0 Å². The van der Waals surface area contributed by atoms with E-state index in [1.807, 2.05) is 0 Å². The Balaban J connectivity index is 1.89. The maximum Gasteiger partial charge on any atom is 0.320 e. The van der Waals surface area contributed by atoms with E-state index in [0.29, 0.717) is 5.92 Å². The van der Waals surface area contributed by atoms with Crippen molar-refractivity contribution >= 4 is 11.9 Å². The van der Waals surface area contributed by atoms with Gasteiger partial charge in [0, 0.05) is 12.3 Å². The molecule has 0 radical (unpaired) electrons. The molecule has 14 heavy (non-hydrogen) atoms. The highest BCUT2D eigenvalue weighted by Gasteiger charge is 2.58. The van der Waals surface area contributed by atoms with Crippen LogP contribution in [-0.4, -0.2) is 17.7 Å². The molecule has 0 aromatic heterocycles. The van der Waals surface area contributed by atoms with Gasteiger partial charge in [-0.2, -0.15) is 0 Å². The lowest BCUT2D eigenvalue weighted by Crippen LogP contribution is -2.48. The van der Waals surface area contributed by atoms with Crippen molar-refractivity contribution in [1.82, 2.24) is 0 Å². The molecule has 2 atom stereocenters. The molecular formula is C10H12O4. The third-order valence-corrected chi connectivity index (χ3v) is 3.60. The van der Waals surface area contributed by atoms with Crippen molar-refractivity contribution in [3.05, 3.63) is 0 Å². The molecule has 3 rings (SSSR count). The Bertz CT molecular complexity index is 293. The van der Waals surface area contributed by atoms with Crippen LogP contribution in [-0.2, 0) is 19.1 Å². The number of carbonyl (C=O) groups excluding carboxylic acids is 2. The van der Waals surface area contributed by atoms with Gasteiger partial charge in [0.15, 0.2) is 0 Å². The van der Waals surface area contributed by atoms with Gasteiger partial charge in [-0.1, -0.05) is 0 Å². The number of rotatable bonds is 0. The van der Waals surface area contributed by atoms with E-state index in [1.54, 1.807) is 0 Å². The topological polar surface area (TPSA) is 52.6 Å². The third kappa shape index (κ3) is 0.996. The lowest BCUT2D eigenvalue weighted by atomic mass is 9.93. The van der Waals surface area contributed by atoms with Gasteiger partial charge in [0.25, 0.3) is 5.79 Å². The van der Waals surface area contributed by atoms with Crippen molar-refractivity contribution in [3.63, 3.8) is 0 Å². The Morgan fingerprint density at radius 2 is 1.86 bits per heavy atom. The van der Waals surface area contributed by atoms with Crippen LogP contribution in [0.3, 0.4) is 0 Å². The number of hydrogen-bond acceptors (Lipinski definition) is 4. The Morgan fingerprint density at radius 1 is 1.14 bits per heavy atom. The van der Waals surface area contributed by atoms with E-state index >= 15 is 0 Å². The molecule has 1 aliphatic heterocycles. The summed E-state index contributed by atoms with van der Waals surface area (Å²) in [6, 6.07) is 0. The minimum atomic E-state index is -0.866. The smallest absolute Gasteiger partial charge is 0.320 e. The van der Waals surface area contributed by atoms with E-state index < -0.39 is 17.7 Å². The summed E-state index contributed by atoms with van der Waals surface area (Å²) in [6.45, 7) is 0. The Hall–Kier alpha value is -1.06. The van der Waals surface area contributed by atoms with Crippen LogP contribution in [0, 0.1) is 11.8 Å². The quantitative estimate of drug-likeness (QED) is 0.428.